The molecule has 112 valence electrons. The van der Waals surface area contributed by atoms with Crippen molar-refractivity contribution >= 4 is 5.91 Å². The molecule has 1 rings (SSSR count). The van der Waals surface area contributed by atoms with Crippen molar-refractivity contribution in [3.8, 4) is 5.75 Å². The lowest BCUT2D eigenvalue weighted by Crippen LogP contribution is -2.41. The lowest BCUT2D eigenvalue weighted by Gasteiger charge is -2.17. The van der Waals surface area contributed by atoms with E-state index in [2.05, 4.69) is 5.32 Å². The van der Waals surface area contributed by atoms with Crippen molar-refractivity contribution in [1.82, 2.24) is 5.32 Å². The molecule has 5 nitrogen and oxygen atoms in total. The Labute approximate surface area is 119 Å². The normalized spacial score (nSPS) is 12.0. The summed E-state index contributed by atoms with van der Waals surface area (Å²) in [6.07, 6.45) is 0.462. The highest BCUT2D eigenvalue weighted by Gasteiger charge is 2.12. The fourth-order valence-corrected chi connectivity index (χ4v) is 1.78. The van der Waals surface area contributed by atoms with E-state index >= 15 is 0 Å². The van der Waals surface area contributed by atoms with Gasteiger partial charge in [0.2, 0.25) is 0 Å². The lowest BCUT2D eigenvalue weighted by molar-refractivity contribution is -0.124. The number of nitrogens with one attached hydrogen (secondary N) is 1. The van der Waals surface area contributed by atoms with E-state index in [1.165, 1.54) is 5.56 Å². The molecule has 0 saturated heterocycles. The minimum Gasteiger partial charge on any atom is -0.484 e. The van der Waals surface area contributed by atoms with Crippen LogP contribution in [0.3, 0.4) is 0 Å². The number of ether oxygens (including phenoxy) is 2. The minimum absolute atomic E-state index is 0.00627. The van der Waals surface area contributed by atoms with Crippen LogP contribution in [0.25, 0.3) is 0 Å². The van der Waals surface area contributed by atoms with Gasteiger partial charge in [-0.3, -0.25) is 4.79 Å². The maximum Gasteiger partial charge on any atom is 0.258 e. The summed E-state index contributed by atoms with van der Waals surface area (Å²) in [6.45, 7) is 4.35. The van der Waals surface area contributed by atoms with Crippen LogP contribution in [0.15, 0.2) is 18.2 Å². The Hall–Kier alpha value is -1.59. The molecular weight excluding hydrogens is 258 g/mol. The van der Waals surface area contributed by atoms with Gasteiger partial charge in [0.25, 0.3) is 5.91 Å². The van der Waals surface area contributed by atoms with Crippen LogP contribution in [0.2, 0.25) is 0 Å². The third-order valence-electron chi connectivity index (χ3n) is 3.06. The molecule has 0 aliphatic rings. The van der Waals surface area contributed by atoms with E-state index in [0.717, 1.165) is 5.56 Å². The van der Waals surface area contributed by atoms with E-state index < -0.39 is 0 Å². The monoisotopic (exact) mass is 281 g/mol. The quantitative estimate of drug-likeness (QED) is 0.751. The Bertz CT molecular complexity index is 428. The van der Waals surface area contributed by atoms with Crippen LogP contribution in [-0.2, 0) is 9.53 Å². The number of aliphatic hydroxyl groups excluding tert-OH is 1. The second kappa shape index (κ2) is 8.55. The highest BCUT2D eigenvalue weighted by atomic mass is 16.5. The minimum atomic E-state index is -0.223. The summed E-state index contributed by atoms with van der Waals surface area (Å²) >= 11 is 0. The number of carbonyl (C=O) groups excluding carboxylic acids is 1. The second-order valence-corrected chi connectivity index (χ2v) is 4.77. The zero-order valence-corrected chi connectivity index (χ0v) is 12.3. The summed E-state index contributed by atoms with van der Waals surface area (Å²) in [7, 11) is 1.56. The summed E-state index contributed by atoms with van der Waals surface area (Å²) in [4.78, 5) is 11.8. The molecule has 0 heterocycles. The van der Waals surface area contributed by atoms with Crippen molar-refractivity contribution in [1.29, 1.82) is 0 Å². The molecule has 5 heteroatoms. The van der Waals surface area contributed by atoms with Gasteiger partial charge in [-0.1, -0.05) is 6.07 Å². The molecule has 1 aromatic rings. The van der Waals surface area contributed by atoms with Crippen molar-refractivity contribution < 1.29 is 19.4 Å². The molecule has 1 amide bonds. The number of carbonyl (C=O) groups is 1. The highest BCUT2D eigenvalue weighted by molar-refractivity contribution is 5.77. The summed E-state index contributed by atoms with van der Waals surface area (Å²) in [5, 5.41) is 11.7. The summed E-state index contributed by atoms with van der Waals surface area (Å²) in [6, 6.07) is 5.52. The first-order valence-corrected chi connectivity index (χ1v) is 6.66. The molecule has 1 atom stereocenters. The fourth-order valence-electron chi connectivity index (χ4n) is 1.78. The van der Waals surface area contributed by atoms with E-state index in [-0.39, 0.29) is 25.2 Å². The molecule has 0 bridgehead atoms. The van der Waals surface area contributed by atoms with Gasteiger partial charge >= 0.3 is 0 Å². The van der Waals surface area contributed by atoms with Crippen LogP contribution < -0.4 is 10.1 Å². The molecule has 20 heavy (non-hydrogen) atoms. The summed E-state index contributed by atoms with van der Waals surface area (Å²) in [5.41, 5.74) is 2.31. The van der Waals surface area contributed by atoms with Crippen LogP contribution in [0.5, 0.6) is 5.75 Å². The Morgan fingerprint density at radius 2 is 2.10 bits per heavy atom. The Morgan fingerprint density at radius 3 is 2.70 bits per heavy atom. The van der Waals surface area contributed by atoms with Gasteiger partial charge in [0, 0.05) is 13.7 Å². The fraction of sp³-hybridized carbons (Fsp3) is 0.533. The number of rotatable bonds is 8. The van der Waals surface area contributed by atoms with E-state index in [4.69, 9.17) is 14.6 Å². The zero-order chi connectivity index (χ0) is 15.0. The predicted octanol–water partition coefficient (Wildman–Crippen LogP) is 1.20. The van der Waals surface area contributed by atoms with Crippen molar-refractivity contribution in [3.05, 3.63) is 29.3 Å². The molecule has 0 aliphatic carbocycles. The van der Waals surface area contributed by atoms with Gasteiger partial charge in [0.1, 0.15) is 5.75 Å². The molecule has 0 saturated carbocycles. The third-order valence-corrected chi connectivity index (χ3v) is 3.06. The Morgan fingerprint density at radius 1 is 1.35 bits per heavy atom. The molecule has 1 aromatic carbocycles. The van der Waals surface area contributed by atoms with Crippen LogP contribution >= 0.6 is 0 Å². The van der Waals surface area contributed by atoms with Crippen molar-refractivity contribution in [2.45, 2.75) is 26.3 Å². The predicted molar refractivity (Wildman–Crippen MR) is 76.9 cm³/mol. The number of aliphatic hydroxyl groups is 1. The first kappa shape index (κ1) is 16.5. The van der Waals surface area contributed by atoms with Crippen LogP contribution in [0.4, 0.5) is 0 Å². The van der Waals surface area contributed by atoms with Crippen LogP contribution in [0, 0.1) is 13.8 Å². The third kappa shape index (κ3) is 5.59. The van der Waals surface area contributed by atoms with Crippen molar-refractivity contribution in [2.75, 3.05) is 26.9 Å². The molecule has 0 spiro atoms. The van der Waals surface area contributed by atoms with Crippen LogP contribution in [-0.4, -0.2) is 44.0 Å². The lowest BCUT2D eigenvalue weighted by atomic mass is 10.1. The zero-order valence-electron chi connectivity index (χ0n) is 12.3. The SMILES string of the molecule is COCC(CCO)NC(=O)COc1ccc(C)c(C)c1. The Balaban J connectivity index is 2.43. The van der Waals surface area contributed by atoms with Gasteiger partial charge in [0.05, 0.1) is 12.6 Å². The van der Waals surface area contributed by atoms with Crippen molar-refractivity contribution in [3.63, 3.8) is 0 Å². The van der Waals surface area contributed by atoms with E-state index in [1.807, 2.05) is 32.0 Å². The second-order valence-electron chi connectivity index (χ2n) is 4.77. The number of benzene rings is 1. The average Bonchev–Trinajstić information content (AvgIpc) is 2.41. The number of aryl methyl sites for hydroxylation is 2. The maximum atomic E-state index is 11.8. The van der Waals surface area contributed by atoms with Gasteiger partial charge in [0.15, 0.2) is 6.61 Å². The molecule has 0 aromatic heterocycles. The van der Waals surface area contributed by atoms with Crippen LogP contribution in [0.1, 0.15) is 17.5 Å². The number of hydrogen-bond donors (Lipinski definition) is 2. The van der Waals surface area contributed by atoms with Gasteiger partial charge in [-0.05, 0) is 43.5 Å². The molecule has 0 aliphatic heterocycles. The number of hydrogen-bond acceptors (Lipinski definition) is 4. The first-order valence-electron chi connectivity index (χ1n) is 6.66. The molecule has 0 fully saturated rings. The van der Waals surface area contributed by atoms with E-state index in [0.29, 0.717) is 18.8 Å². The molecular formula is C15H23NO4. The van der Waals surface area contributed by atoms with E-state index in [1.54, 1.807) is 7.11 Å². The van der Waals surface area contributed by atoms with Gasteiger partial charge < -0.3 is 19.9 Å². The molecule has 2 N–H and O–H groups in total. The Kier molecular flexibility index (Phi) is 7.04. The first-order chi connectivity index (χ1) is 9.56. The topological polar surface area (TPSA) is 67.8 Å². The highest BCUT2D eigenvalue weighted by Crippen LogP contribution is 2.16. The van der Waals surface area contributed by atoms with E-state index in [9.17, 15) is 4.79 Å². The van der Waals surface area contributed by atoms with Gasteiger partial charge in [-0.15, -0.1) is 0 Å². The standard InChI is InChI=1S/C15H23NO4/c1-11-4-5-14(8-12(11)2)20-10-15(18)16-13(6-7-17)9-19-3/h4-5,8,13,17H,6-7,9-10H2,1-3H3,(H,16,18). The maximum absolute atomic E-state index is 11.8. The van der Waals surface area contributed by atoms with Gasteiger partial charge in [-0.25, -0.2) is 0 Å². The average molecular weight is 281 g/mol. The van der Waals surface area contributed by atoms with Crippen molar-refractivity contribution in [2.24, 2.45) is 0 Å². The molecule has 1 unspecified atom stereocenters. The smallest absolute Gasteiger partial charge is 0.258 e. The molecule has 0 radical (unpaired) electrons. The summed E-state index contributed by atoms with van der Waals surface area (Å²) in [5.74, 6) is 0.451. The number of amides is 1. The number of methoxy groups -OCH3 is 1. The van der Waals surface area contributed by atoms with Gasteiger partial charge in [-0.2, -0.15) is 0 Å². The largest absolute Gasteiger partial charge is 0.484 e. The summed E-state index contributed by atoms with van der Waals surface area (Å²) < 4.78 is 10.4.